The van der Waals surface area contributed by atoms with Crippen molar-refractivity contribution in [3.63, 3.8) is 0 Å². The summed E-state index contributed by atoms with van der Waals surface area (Å²) < 4.78 is 32.8. The van der Waals surface area contributed by atoms with Gasteiger partial charge in [0.15, 0.2) is 0 Å². The third kappa shape index (κ3) is 7.54. The number of benzene rings is 1. The molecule has 11 heteroatoms. The first kappa shape index (κ1) is 28.8. The van der Waals surface area contributed by atoms with Crippen molar-refractivity contribution >= 4 is 23.8 Å². The number of fused-ring (bicyclic) bond motifs is 1. The number of anilines is 1. The number of hydrogen-bond acceptors (Lipinski definition) is 7. The van der Waals surface area contributed by atoms with Crippen LogP contribution in [0.5, 0.6) is 0 Å². The summed E-state index contributed by atoms with van der Waals surface area (Å²) in [6.07, 6.45) is 0.730. The number of aromatic nitrogens is 2. The molecule has 1 aliphatic heterocycles. The van der Waals surface area contributed by atoms with E-state index in [0.29, 0.717) is 35.7 Å². The molecule has 0 aliphatic carbocycles. The number of nitrogens with zero attached hydrogens (tertiary/aromatic N) is 4. The Morgan fingerprint density at radius 1 is 1.37 bits per heavy atom. The van der Waals surface area contributed by atoms with Gasteiger partial charge in [-0.1, -0.05) is 25.1 Å². The molecule has 1 aliphatic rings. The molecule has 0 bridgehead atoms. The number of halogens is 3. The van der Waals surface area contributed by atoms with Gasteiger partial charge in [0, 0.05) is 24.8 Å². The van der Waals surface area contributed by atoms with Gasteiger partial charge >= 0.3 is 0 Å². The van der Waals surface area contributed by atoms with Crippen LogP contribution in [0.15, 0.2) is 18.2 Å². The molecule has 0 spiro atoms. The number of carbonyl (C=O) groups excluding carboxylic acids is 1. The molecule has 0 saturated heterocycles. The van der Waals surface area contributed by atoms with Crippen LogP contribution >= 0.6 is 11.6 Å². The van der Waals surface area contributed by atoms with E-state index < -0.39 is 12.5 Å². The quantitative estimate of drug-likeness (QED) is 0.369. The molecule has 0 radical (unpaired) electrons. The van der Waals surface area contributed by atoms with Crippen molar-refractivity contribution in [2.24, 2.45) is 0 Å². The van der Waals surface area contributed by atoms with E-state index in [1.54, 1.807) is 25.0 Å². The first-order chi connectivity index (χ1) is 16.6. The number of methoxy groups -OCH3 is 1. The van der Waals surface area contributed by atoms with Crippen LogP contribution in [0.2, 0.25) is 5.28 Å². The van der Waals surface area contributed by atoms with E-state index in [1.165, 1.54) is 12.1 Å². The molecule has 1 unspecified atom stereocenters. The fraction of sp³-hybridized carbons (Fsp3) is 0.542. The monoisotopic (exact) mass is 513 g/mol. The smallest absolute Gasteiger partial charge is 0.296 e. The summed E-state index contributed by atoms with van der Waals surface area (Å²) in [6, 6.07) is 4.22. The van der Waals surface area contributed by atoms with Crippen molar-refractivity contribution in [2.45, 2.75) is 45.8 Å². The molecule has 3 rings (SSSR count). The number of nitrogens with one attached hydrogen (secondary N) is 1. The van der Waals surface area contributed by atoms with E-state index in [0.717, 1.165) is 31.7 Å². The number of hydrogen-bond donors (Lipinski definition) is 2. The van der Waals surface area contributed by atoms with Crippen molar-refractivity contribution in [1.82, 2.24) is 19.8 Å². The molecule has 1 aromatic carbocycles. The standard InChI is InChI=1S/C18H19ClF2N4O2.C6H15NO/c1-10-12(4-3-5-14(10)18(20,21)8-26)11(2)22-16-13-6-25(9-27)7-15(13)23-17(19)24-16;1-4-7(2)5-6-8-3/h3-5,9,11,26H,6-8H2,1-2H3,(H,22,23,24);4-6H2,1-3H3. The zero-order valence-corrected chi connectivity index (χ0v) is 21.6. The van der Waals surface area contributed by atoms with Gasteiger partial charge in [0.2, 0.25) is 11.7 Å². The lowest BCUT2D eigenvalue weighted by Crippen LogP contribution is -2.21. The third-order valence-corrected chi connectivity index (χ3v) is 6.10. The predicted octanol–water partition coefficient (Wildman–Crippen LogP) is 3.75. The summed E-state index contributed by atoms with van der Waals surface area (Å²) in [4.78, 5) is 23.2. The summed E-state index contributed by atoms with van der Waals surface area (Å²) in [5.41, 5.74) is 2.24. The van der Waals surface area contributed by atoms with E-state index in [2.05, 4.69) is 34.2 Å². The Hall–Kier alpha value is -2.40. The molecule has 2 N–H and O–H groups in total. The van der Waals surface area contributed by atoms with Crippen molar-refractivity contribution in [1.29, 1.82) is 0 Å². The first-order valence-corrected chi connectivity index (χ1v) is 11.7. The highest BCUT2D eigenvalue weighted by molar-refractivity contribution is 6.28. The number of amides is 1. The Morgan fingerprint density at radius 3 is 2.69 bits per heavy atom. The van der Waals surface area contributed by atoms with Gasteiger partial charge in [-0.3, -0.25) is 4.79 Å². The highest BCUT2D eigenvalue weighted by Crippen LogP contribution is 2.35. The molecule has 8 nitrogen and oxygen atoms in total. The van der Waals surface area contributed by atoms with Crippen LogP contribution < -0.4 is 5.32 Å². The van der Waals surface area contributed by atoms with Crippen LogP contribution in [-0.4, -0.2) is 71.7 Å². The largest absolute Gasteiger partial charge is 0.390 e. The second-order valence-corrected chi connectivity index (χ2v) is 8.75. The van der Waals surface area contributed by atoms with Gasteiger partial charge in [-0.2, -0.15) is 8.78 Å². The van der Waals surface area contributed by atoms with Gasteiger partial charge in [0.25, 0.3) is 5.92 Å². The van der Waals surface area contributed by atoms with Gasteiger partial charge in [-0.15, -0.1) is 0 Å². The zero-order valence-electron chi connectivity index (χ0n) is 20.8. The number of rotatable bonds is 10. The number of likely N-dealkylation sites (N-methyl/N-ethyl adjacent to an activating group) is 1. The number of carbonyl (C=O) groups is 1. The van der Waals surface area contributed by atoms with E-state index >= 15 is 0 Å². The second-order valence-electron chi connectivity index (χ2n) is 8.41. The van der Waals surface area contributed by atoms with Gasteiger partial charge in [0.1, 0.15) is 12.4 Å². The minimum atomic E-state index is -3.32. The number of aliphatic hydroxyl groups is 1. The molecular weight excluding hydrogens is 480 g/mol. The van der Waals surface area contributed by atoms with Gasteiger partial charge < -0.3 is 25.0 Å². The molecular formula is C24H34ClF2N5O3. The Bertz CT molecular complexity index is 996. The lowest BCUT2D eigenvalue weighted by molar-refractivity contribution is -0.118. The summed E-state index contributed by atoms with van der Waals surface area (Å²) in [6.45, 7) is 7.97. The van der Waals surface area contributed by atoms with Crippen LogP contribution in [-0.2, 0) is 28.5 Å². The SMILES string of the molecule is CCN(C)CCOC.Cc1c(C(C)Nc2nc(Cl)nc3c2CN(C=O)C3)cccc1C(F)(F)CO. The topological polar surface area (TPSA) is 90.8 Å². The highest BCUT2D eigenvalue weighted by Gasteiger charge is 2.33. The Kier molecular flexibility index (Phi) is 10.8. The zero-order chi connectivity index (χ0) is 26.2. The van der Waals surface area contributed by atoms with Crippen LogP contribution in [0.1, 0.15) is 47.8 Å². The van der Waals surface area contributed by atoms with Crippen LogP contribution in [0.3, 0.4) is 0 Å². The summed E-state index contributed by atoms with van der Waals surface area (Å²) >= 11 is 5.99. The molecule has 194 valence electrons. The van der Waals surface area contributed by atoms with Gasteiger partial charge in [-0.25, -0.2) is 9.97 Å². The van der Waals surface area contributed by atoms with Crippen LogP contribution in [0.4, 0.5) is 14.6 Å². The maximum atomic E-state index is 14.0. The molecule has 35 heavy (non-hydrogen) atoms. The fourth-order valence-electron chi connectivity index (χ4n) is 3.73. The van der Waals surface area contributed by atoms with Crippen molar-refractivity contribution in [3.05, 3.63) is 51.4 Å². The van der Waals surface area contributed by atoms with E-state index in [9.17, 15) is 13.6 Å². The normalized spacial score (nSPS) is 13.8. The first-order valence-electron chi connectivity index (χ1n) is 11.3. The highest BCUT2D eigenvalue weighted by atomic mass is 35.5. The third-order valence-electron chi connectivity index (χ3n) is 5.93. The lowest BCUT2D eigenvalue weighted by Gasteiger charge is -2.23. The Morgan fingerprint density at radius 2 is 2.09 bits per heavy atom. The number of alkyl halides is 2. The van der Waals surface area contributed by atoms with Crippen molar-refractivity contribution < 1.29 is 23.4 Å². The minimum absolute atomic E-state index is 0.0495. The summed E-state index contributed by atoms with van der Waals surface area (Å²) in [7, 11) is 3.81. The van der Waals surface area contributed by atoms with E-state index in [-0.39, 0.29) is 16.9 Å². The Balaban J connectivity index is 0.000000466. The van der Waals surface area contributed by atoms with E-state index in [4.69, 9.17) is 21.4 Å². The average molecular weight is 514 g/mol. The molecule has 1 aromatic heterocycles. The fourth-order valence-corrected chi connectivity index (χ4v) is 3.92. The van der Waals surface area contributed by atoms with Gasteiger partial charge in [-0.05, 0) is 50.2 Å². The lowest BCUT2D eigenvalue weighted by atomic mass is 9.94. The molecule has 2 aromatic rings. The van der Waals surface area contributed by atoms with E-state index in [1.807, 2.05) is 6.92 Å². The molecule has 2 heterocycles. The Labute approximate surface area is 210 Å². The molecule has 1 amide bonds. The maximum Gasteiger partial charge on any atom is 0.296 e. The minimum Gasteiger partial charge on any atom is -0.390 e. The van der Waals surface area contributed by atoms with Crippen molar-refractivity contribution in [3.8, 4) is 0 Å². The summed E-state index contributed by atoms with van der Waals surface area (Å²) in [5.74, 6) is -2.84. The van der Waals surface area contributed by atoms with Crippen LogP contribution in [0.25, 0.3) is 0 Å². The van der Waals surface area contributed by atoms with Gasteiger partial charge in [0.05, 0.1) is 31.4 Å². The second kappa shape index (κ2) is 13.1. The molecule has 1 atom stereocenters. The number of aliphatic hydroxyl groups excluding tert-OH is 1. The van der Waals surface area contributed by atoms with Crippen LogP contribution in [0, 0.1) is 6.92 Å². The van der Waals surface area contributed by atoms with Crippen molar-refractivity contribution in [2.75, 3.05) is 45.8 Å². The average Bonchev–Trinajstić information content (AvgIpc) is 3.26. The predicted molar refractivity (Wildman–Crippen MR) is 132 cm³/mol. The maximum absolute atomic E-state index is 14.0. The molecule has 0 saturated carbocycles. The summed E-state index contributed by atoms with van der Waals surface area (Å²) in [5, 5.41) is 12.2. The molecule has 0 fully saturated rings. The number of ether oxygens (including phenoxy) is 1.